The van der Waals surface area contributed by atoms with Crippen LogP contribution in [-0.4, -0.2) is 0 Å². The average Bonchev–Trinajstić information content (AvgIpc) is 3.34. The van der Waals surface area contributed by atoms with Crippen molar-refractivity contribution in [1.29, 1.82) is 0 Å². The molecule has 1 unspecified atom stereocenters. The molecule has 0 N–H and O–H groups in total. The maximum absolute atomic E-state index is 2.31. The molecule has 0 aromatic heterocycles. The minimum absolute atomic E-state index is 0.0983. The fraction of sp³-hybridized carbons (Fsp3) is 0.0333. The van der Waals surface area contributed by atoms with Crippen LogP contribution < -0.4 is 0 Å². The standard InChI is InChI=1S/C60H44/c1-4-13-43(14-5-1)45-27-35-53(36-28-45)59(54-37-29-46(30-38-54)44-15-6-2-7-16-44)55-39-31-49(32-40-55)47-23-25-48(26-24-47)50-33-41-56(42-34-50)60(52-18-8-3-9-19-52)58-22-12-20-51-17-10-11-21-57(51)58/h1-42,59-60H. The summed E-state index contributed by atoms with van der Waals surface area (Å²) in [5.74, 6) is 0.236. The number of rotatable bonds is 10. The fourth-order valence-electron chi connectivity index (χ4n) is 8.87. The van der Waals surface area contributed by atoms with Crippen LogP contribution in [-0.2, 0) is 0 Å². The van der Waals surface area contributed by atoms with Crippen LogP contribution in [0.3, 0.4) is 0 Å². The van der Waals surface area contributed by atoms with Gasteiger partial charge in [0.25, 0.3) is 0 Å². The Morgan fingerprint density at radius 2 is 0.467 bits per heavy atom. The van der Waals surface area contributed by atoms with Gasteiger partial charge in [0.05, 0.1) is 0 Å². The van der Waals surface area contributed by atoms with Crippen molar-refractivity contribution in [3.05, 3.63) is 288 Å². The van der Waals surface area contributed by atoms with Gasteiger partial charge < -0.3 is 0 Å². The van der Waals surface area contributed by atoms with Gasteiger partial charge in [-0.1, -0.05) is 255 Å². The summed E-state index contributed by atoms with van der Waals surface area (Å²) in [6.45, 7) is 0. The zero-order valence-electron chi connectivity index (χ0n) is 33.4. The number of fused-ring (bicyclic) bond motifs is 1. The highest BCUT2D eigenvalue weighted by molar-refractivity contribution is 5.87. The van der Waals surface area contributed by atoms with Crippen LogP contribution in [0.4, 0.5) is 0 Å². The minimum Gasteiger partial charge on any atom is -0.0622 e. The van der Waals surface area contributed by atoms with Gasteiger partial charge in [0.2, 0.25) is 0 Å². The average molecular weight is 765 g/mol. The molecule has 0 bridgehead atoms. The van der Waals surface area contributed by atoms with Gasteiger partial charge >= 0.3 is 0 Å². The van der Waals surface area contributed by atoms with Crippen LogP contribution in [0.5, 0.6) is 0 Å². The zero-order chi connectivity index (χ0) is 40.1. The van der Waals surface area contributed by atoms with Crippen LogP contribution in [0.25, 0.3) is 55.3 Å². The highest BCUT2D eigenvalue weighted by Crippen LogP contribution is 2.38. The zero-order valence-corrected chi connectivity index (χ0v) is 33.4. The predicted octanol–water partition coefficient (Wildman–Crippen LogP) is 15.9. The molecule has 0 saturated carbocycles. The first-order chi connectivity index (χ1) is 29.7. The molecule has 0 amide bonds. The molecule has 10 aromatic carbocycles. The van der Waals surface area contributed by atoms with Gasteiger partial charge in [0.15, 0.2) is 0 Å². The van der Waals surface area contributed by atoms with E-state index >= 15 is 0 Å². The largest absolute Gasteiger partial charge is 0.0622 e. The normalized spacial score (nSPS) is 11.8. The van der Waals surface area contributed by atoms with Gasteiger partial charge in [-0.3, -0.25) is 0 Å². The van der Waals surface area contributed by atoms with Crippen LogP contribution in [0, 0.1) is 0 Å². The van der Waals surface area contributed by atoms with Crippen LogP contribution in [0.15, 0.2) is 255 Å². The second kappa shape index (κ2) is 16.7. The van der Waals surface area contributed by atoms with E-state index in [0.29, 0.717) is 0 Å². The van der Waals surface area contributed by atoms with Gasteiger partial charge in [-0.15, -0.1) is 0 Å². The highest BCUT2D eigenvalue weighted by atomic mass is 14.2. The lowest BCUT2D eigenvalue weighted by atomic mass is 9.82. The molecule has 1 atom stereocenters. The molecular weight excluding hydrogens is 721 g/mol. The molecule has 0 heterocycles. The monoisotopic (exact) mass is 764 g/mol. The lowest BCUT2D eigenvalue weighted by molar-refractivity contribution is 0.978. The molecule has 0 fully saturated rings. The topological polar surface area (TPSA) is 0 Å². The summed E-state index contributed by atoms with van der Waals surface area (Å²) >= 11 is 0. The molecule has 10 rings (SSSR count). The summed E-state index contributed by atoms with van der Waals surface area (Å²) in [7, 11) is 0. The molecule has 0 aliphatic carbocycles. The Morgan fingerprint density at radius 3 is 0.883 bits per heavy atom. The van der Waals surface area contributed by atoms with Crippen molar-refractivity contribution in [1.82, 2.24) is 0 Å². The van der Waals surface area contributed by atoms with E-state index in [0.717, 1.165) is 0 Å². The van der Waals surface area contributed by atoms with E-state index in [1.165, 1.54) is 88.7 Å². The Kier molecular flexibility index (Phi) is 10.3. The fourth-order valence-corrected chi connectivity index (χ4v) is 8.87. The molecule has 0 aliphatic heterocycles. The van der Waals surface area contributed by atoms with Crippen LogP contribution in [0.1, 0.15) is 45.2 Å². The quantitative estimate of drug-likeness (QED) is 0.122. The van der Waals surface area contributed by atoms with E-state index in [4.69, 9.17) is 0 Å². The van der Waals surface area contributed by atoms with Gasteiger partial charge in [-0.05, 0) is 88.7 Å². The summed E-state index contributed by atoms with van der Waals surface area (Å²) in [6, 6.07) is 93.0. The summed E-state index contributed by atoms with van der Waals surface area (Å²) in [5.41, 5.74) is 17.5. The van der Waals surface area contributed by atoms with E-state index in [9.17, 15) is 0 Å². The van der Waals surface area contributed by atoms with Gasteiger partial charge in [-0.25, -0.2) is 0 Å². The molecule has 284 valence electrons. The lowest BCUT2D eigenvalue weighted by Crippen LogP contribution is -2.04. The summed E-state index contributed by atoms with van der Waals surface area (Å²) in [5, 5.41) is 2.57. The van der Waals surface area contributed by atoms with E-state index in [1.807, 2.05) is 0 Å². The van der Waals surface area contributed by atoms with Crippen molar-refractivity contribution >= 4 is 10.8 Å². The first-order valence-corrected chi connectivity index (χ1v) is 20.9. The summed E-state index contributed by atoms with van der Waals surface area (Å²) < 4.78 is 0. The third kappa shape index (κ3) is 7.60. The summed E-state index contributed by atoms with van der Waals surface area (Å²) in [4.78, 5) is 0. The molecule has 0 aliphatic rings. The van der Waals surface area contributed by atoms with E-state index in [-0.39, 0.29) is 11.8 Å². The first-order valence-electron chi connectivity index (χ1n) is 20.9. The molecule has 0 saturated heterocycles. The Bertz CT molecular complexity index is 2860. The molecule has 0 spiro atoms. The molecule has 0 nitrogen and oxygen atoms in total. The van der Waals surface area contributed by atoms with Gasteiger partial charge in [0, 0.05) is 11.8 Å². The van der Waals surface area contributed by atoms with Gasteiger partial charge in [-0.2, -0.15) is 0 Å². The predicted molar refractivity (Wildman–Crippen MR) is 253 cm³/mol. The number of benzene rings is 10. The summed E-state index contributed by atoms with van der Waals surface area (Å²) in [6.07, 6.45) is 0. The Balaban J connectivity index is 0.920. The lowest BCUT2D eigenvalue weighted by Gasteiger charge is -2.21. The van der Waals surface area contributed by atoms with Gasteiger partial charge in [0.1, 0.15) is 0 Å². The third-order valence-corrected chi connectivity index (χ3v) is 12.0. The number of hydrogen-bond donors (Lipinski definition) is 0. The first kappa shape index (κ1) is 36.8. The SMILES string of the molecule is c1ccc(-c2ccc(C(c3ccc(-c4ccccc4)cc3)c3ccc(-c4ccc(-c5ccc(C(c6ccccc6)c6cccc7ccccc67)cc5)cc4)cc3)cc2)cc1. The van der Waals surface area contributed by atoms with Crippen molar-refractivity contribution < 1.29 is 0 Å². The maximum Gasteiger partial charge on any atom is 0.0346 e. The van der Waals surface area contributed by atoms with Crippen molar-refractivity contribution in [2.45, 2.75) is 11.8 Å². The molecule has 10 aromatic rings. The Hall–Kier alpha value is -7.54. The van der Waals surface area contributed by atoms with Crippen molar-refractivity contribution in [3.63, 3.8) is 0 Å². The maximum atomic E-state index is 2.31. The molecule has 60 heavy (non-hydrogen) atoms. The van der Waals surface area contributed by atoms with Crippen LogP contribution in [0.2, 0.25) is 0 Å². The minimum atomic E-state index is 0.0983. The van der Waals surface area contributed by atoms with Crippen molar-refractivity contribution in [2.75, 3.05) is 0 Å². The second-order valence-electron chi connectivity index (χ2n) is 15.6. The smallest absolute Gasteiger partial charge is 0.0346 e. The van der Waals surface area contributed by atoms with E-state index < -0.39 is 0 Å². The Morgan fingerprint density at radius 1 is 0.183 bits per heavy atom. The highest BCUT2D eigenvalue weighted by Gasteiger charge is 2.20. The van der Waals surface area contributed by atoms with Crippen LogP contribution >= 0.6 is 0 Å². The Labute approximate surface area is 353 Å². The molecular formula is C60H44. The number of hydrogen-bond acceptors (Lipinski definition) is 0. The molecule has 0 heteroatoms. The van der Waals surface area contributed by atoms with Crippen molar-refractivity contribution in [3.8, 4) is 44.5 Å². The van der Waals surface area contributed by atoms with E-state index in [2.05, 4.69) is 255 Å². The van der Waals surface area contributed by atoms with E-state index in [1.54, 1.807) is 0 Å². The second-order valence-corrected chi connectivity index (χ2v) is 15.6. The molecule has 0 radical (unpaired) electrons. The van der Waals surface area contributed by atoms with Crippen molar-refractivity contribution in [2.24, 2.45) is 0 Å². The third-order valence-electron chi connectivity index (χ3n) is 12.0.